The molecule has 1 spiro atoms. The van der Waals surface area contributed by atoms with Crippen LogP contribution < -0.4 is 4.90 Å². The van der Waals surface area contributed by atoms with Crippen molar-refractivity contribution in [2.75, 3.05) is 70.5 Å². The number of unbranched alkanes of at least 4 members (excludes halogenated alkanes) is 3. The standard InChI is InChI=1S/C33H44N4O6/c1-32-13-9-17-36(25-11-5-4-6-12-25)29(39)26(32)27-30(40)37(16-7-2-3-8-22-38)28-31(41)35(15-10-14-33(27,28)43-32)19-18-34-20-23-42-24-21-34/h4-6,9-14,26-28,38H,2-3,7-8,15-24H2,1H3/t26-,27-,28?,32+,33-/m0/s1. The first kappa shape index (κ1) is 30.0. The molecule has 0 saturated carbocycles. The number of fused-ring (bicyclic) bond motifs is 2. The second-order valence-electron chi connectivity index (χ2n) is 12.5. The van der Waals surface area contributed by atoms with Crippen LogP contribution in [-0.4, -0.2) is 120 Å². The van der Waals surface area contributed by atoms with Gasteiger partial charge in [-0.25, -0.2) is 0 Å². The highest BCUT2D eigenvalue weighted by Gasteiger charge is 2.74. The molecule has 232 valence electrons. The van der Waals surface area contributed by atoms with E-state index in [2.05, 4.69) is 4.90 Å². The van der Waals surface area contributed by atoms with Crippen LogP contribution in [0.15, 0.2) is 54.6 Å². The molecule has 10 heteroatoms. The summed E-state index contributed by atoms with van der Waals surface area (Å²) in [6, 6.07) is 8.67. The minimum atomic E-state index is -1.24. The number of aliphatic hydroxyl groups excluding tert-OH is 1. The minimum Gasteiger partial charge on any atom is -0.396 e. The molecule has 5 atom stereocenters. The fourth-order valence-electron chi connectivity index (χ4n) is 7.68. The fraction of sp³-hybridized carbons (Fsp3) is 0.606. The van der Waals surface area contributed by atoms with Crippen LogP contribution in [0.25, 0.3) is 0 Å². The number of aliphatic hydroxyl groups is 1. The van der Waals surface area contributed by atoms with Gasteiger partial charge in [0, 0.05) is 58.1 Å². The molecule has 5 aliphatic heterocycles. The summed E-state index contributed by atoms with van der Waals surface area (Å²) in [6.45, 7) is 7.56. The third kappa shape index (κ3) is 5.43. The number of para-hydroxylation sites is 1. The maximum Gasteiger partial charge on any atom is 0.249 e. The van der Waals surface area contributed by atoms with Crippen LogP contribution >= 0.6 is 0 Å². The van der Waals surface area contributed by atoms with Gasteiger partial charge in [0.2, 0.25) is 17.7 Å². The number of carbonyl (C=O) groups is 3. The van der Waals surface area contributed by atoms with Crippen LogP contribution in [0.2, 0.25) is 0 Å². The molecule has 0 bridgehead atoms. The van der Waals surface area contributed by atoms with Crippen molar-refractivity contribution in [1.82, 2.24) is 14.7 Å². The first-order valence-electron chi connectivity index (χ1n) is 15.8. The molecule has 0 aromatic heterocycles. The van der Waals surface area contributed by atoms with Gasteiger partial charge in [-0.15, -0.1) is 0 Å². The quantitative estimate of drug-likeness (QED) is 0.327. The molecule has 43 heavy (non-hydrogen) atoms. The number of hydrogen-bond acceptors (Lipinski definition) is 7. The number of hydrogen-bond donors (Lipinski definition) is 1. The van der Waals surface area contributed by atoms with E-state index in [1.54, 1.807) is 9.80 Å². The zero-order chi connectivity index (χ0) is 30.0. The highest BCUT2D eigenvalue weighted by Crippen LogP contribution is 2.57. The Morgan fingerprint density at radius 3 is 2.35 bits per heavy atom. The van der Waals surface area contributed by atoms with Crippen LogP contribution in [0, 0.1) is 11.8 Å². The largest absolute Gasteiger partial charge is 0.396 e. The van der Waals surface area contributed by atoms with Gasteiger partial charge in [0.05, 0.1) is 30.7 Å². The number of ether oxygens (including phenoxy) is 2. The summed E-state index contributed by atoms with van der Waals surface area (Å²) in [7, 11) is 0. The van der Waals surface area contributed by atoms with Crippen molar-refractivity contribution in [2.45, 2.75) is 49.9 Å². The molecule has 0 radical (unpaired) electrons. The molecular formula is C33H44N4O6. The lowest BCUT2D eigenvalue weighted by Gasteiger charge is -2.38. The van der Waals surface area contributed by atoms with Gasteiger partial charge in [-0.1, -0.05) is 55.3 Å². The Labute approximate surface area is 253 Å². The van der Waals surface area contributed by atoms with E-state index in [0.29, 0.717) is 52.2 Å². The molecule has 3 fully saturated rings. The van der Waals surface area contributed by atoms with Crippen LogP contribution in [0.3, 0.4) is 0 Å². The van der Waals surface area contributed by atoms with E-state index in [9.17, 15) is 19.5 Å². The zero-order valence-corrected chi connectivity index (χ0v) is 25.1. The summed E-state index contributed by atoms with van der Waals surface area (Å²) in [4.78, 5) is 51.0. The van der Waals surface area contributed by atoms with Gasteiger partial charge in [-0.2, -0.15) is 0 Å². The van der Waals surface area contributed by atoms with Gasteiger partial charge in [0.15, 0.2) is 0 Å². The maximum absolute atomic E-state index is 14.5. The highest BCUT2D eigenvalue weighted by molar-refractivity contribution is 6.04. The number of benzene rings is 1. The van der Waals surface area contributed by atoms with E-state index in [4.69, 9.17) is 9.47 Å². The Bertz CT molecular complexity index is 1250. The number of nitrogens with zero attached hydrogens (tertiary/aromatic N) is 4. The second-order valence-corrected chi connectivity index (χ2v) is 12.5. The first-order valence-corrected chi connectivity index (χ1v) is 15.8. The Kier molecular flexibility index (Phi) is 8.73. The van der Waals surface area contributed by atoms with Crippen LogP contribution in [0.4, 0.5) is 5.69 Å². The highest BCUT2D eigenvalue weighted by atomic mass is 16.5. The topological polar surface area (TPSA) is 103 Å². The average Bonchev–Trinajstić information content (AvgIpc) is 3.28. The summed E-state index contributed by atoms with van der Waals surface area (Å²) in [5.41, 5.74) is -1.52. The number of anilines is 1. The van der Waals surface area contributed by atoms with Crippen LogP contribution in [-0.2, 0) is 23.9 Å². The van der Waals surface area contributed by atoms with E-state index >= 15 is 0 Å². The summed E-state index contributed by atoms with van der Waals surface area (Å²) in [6.07, 6.45) is 10.9. The van der Waals surface area contributed by atoms with E-state index in [1.807, 2.05) is 66.5 Å². The van der Waals surface area contributed by atoms with Gasteiger partial charge < -0.3 is 29.3 Å². The molecule has 3 amide bonds. The maximum atomic E-state index is 14.5. The first-order chi connectivity index (χ1) is 20.9. The lowest BCUT2D eigenvalue weighted by molar-refractivity contribution is -0.151. The molecule has 1 aromatic rings. The molecule has 6 rings (SSSR count). The number of morpholine rings is 1. The lowest BCUT2D eigenvalue weighted by Crippen LogP contribution is -2.56. The van der Waals surface area contributed by atoms with Crippen molar-refractivity contribution in [3.8, 4) is 0 Å². The minimum absolute atomic E-state index is 0.124. The van der Waals surface area contributed by atoms with Crippen molar-refractivity contribution in [3.05, 3.63) is 54.6 Å². The summed E-state index contributed by atoms with van der Waals surface area (Å²) < 4.78 is 12.4. The number of carbonyl (C=O) groups excluding carboxylic acids is 3. The fourth-order valence-corrected chi connectivity index (χ4v) is 7.68. The molecule has 0 aliphatic carbocycles. The molecule has 1 N–H and O–H groups in total. The van der Waals surface area contributed by atoms with E-state index in [0.717, 1.165) is 38.2 Å². The number of rotatable bonds is 10. The van der Waals surface area contributed by atoms with Crippen molar-refractivity contribution in [1.29, 1.82) is 0 Å². The van der Waals surface area contributed by atoms with Gasteiger partial charge in [-0.3, -0.25) is 19.3 Å². The summed E-state index contributed by atoms with van der Waals surface area (Å²) in [5.74, 6) is -2.07. The Morgan fingerprint density at radius 1 is 0.837 bits per heavy atom. The Balaban J connectivity index is 1.33. The molecule has 5 heterocycles. The van der Waals surface area contributed by atoms with Crippen molar-refractivity contribution < 1.29 is 29.0 Å². The monoisotopic (exact) mass is 592 g/mol. The van der Waals surface area contributed by atoms with E-state index in [-0.39, 0.29) is 24.3 Å². The van der Waals surface area contributed by atoms with Gasteiger partial charge in [0.1, 0.15) is 11.6 Å². The smallest absolute Gasteiger partial charge is 0.249 e. The number of likely N-dealkylation sites (tertiary alicyclic amines) is 1. The molecule has 3 saturated heterocycles. The Morgan fingerprint density at radius 2 is 1.58 bits per heavy atom. The summed E-state index contributed by atoms with van der Waals surface area (Å²) in [5, 5.41) is 9.22. The van der Waals surface area contributed by atoms with E-state index in [1.165, 1.54) is 0 Å². The number of amides is 3. The lowest BCUT2D eigenvalue weighted by atomic mass is 9.74. The van der Waals surface area contributed by atoms with Crippen LogP contribution in [0.1, 0.15) is 32.6 Å². The predicted octanol–water partition coefficient (Wildman–Crippen LogP) is 1.84. The second kappa shape index (κ2) is 12.5. The Hall–Kier alpha value is -3.05. The van der Waals surface area contributed by atoms with Crippen LogP contribution in [0.5, 0.6) is 0 Å². The van der Waals surface area contributed by atoms with Crippen molar-refractivity contribution in [3.63, 3.8) is 0 Å². The van der Waals surface area contributed by atoms with Crippen molar-refractivity contribution >= 4 is 23.4 Å². The normalized spacial score (nSPS) is 32.6. The molecule has 1 unspecified atom stereocenters. The molecule has 5 aliphatic rings. The molecule has 1 aromatic carbocycles. The average molecular weight is 593 g/mol. The third-order valence-corrected chi connectivity index (χ3v) is 9.81. The predicted molar refractivity (Wildman–Crippen MR) is 161 cm³/mol. The molecule has 10 nitrogen and oxygen atoms in total. The molecular weight excluding hydrogens is 548 g/mol. The third-order valence-electron chi connectivity index (χ3n) is 9.81. The van der Waals surface area contributed by atoms with Gasteiger partial charge >= 0.3 is 0 Å². The summed E-state index contributed by atoms with van der Waals surface area (Å²) >= 11 is 0. The van der Waals surface area contributed by atoms with Gasteiger partial charge in [0.25, 0.3) is 0 Å². The van der Waals surface area contributed by atoms with E-state index < -0.39 is 29.1 Å². The van der Waals surface area contributed by atoms with Crippen molar-refractivity contribution in [2.24, 2.45) is 11.8 Å². The SMILES string of the molecule is C[C@@]12C=CCN(c3ccccc3)C(=O)[C@@H]1[C@H]1C(=O)N(CCCCCCO)C3C(=O)N(CCN4CCOCC4)CC=C[C@@]31O2. The zero-order valence-electron chi connectivity index (χ0n) is 25.1. The van der Waals surface area contributed by atoms with Gasteiger partial charge in [-0.05, 0) is 31.9 Å².